The van der Waals surface area contributed by atoms with Crippen molar-refractivity contribution in [2.45, 2.75) is 33.8 Å². The number of aromatic hydroxyl groups is 1. The van der Waals surface area contributed by atoms with Crippen LogP contribution in [0.15, 0.2) is 12.1 Å². The van der Waals surface area contributed by atoms with E-state index in [9.17, 15) is 9.90 Å². The lowest BCUT2D eigenvalue weighted by molar-refractivity contribution is -0.128. The second-order valence-electron chi connectivity index (χ2n) is 3.95. The van der Waals surface area contributed by atoms with Crippen molar-refractivity contribution in [2.75, 3.05) is 6.61 Å². The lowest BCUT2D eigenvalue weighted by Crippen LogP contribution is -2.13. The molecule has 0 aliphatic heterocycles. The molecule has 1 N–H and O–H groups in total. The molecule has 0 aliphatic carbocycles. The van der Waals surface area contributed by atoms with Crippen molar-refractivity contribution in [3.63, 3.8) is 0 Å². The Hall–Kier alpha value is -1.35. The Balaban J connectivity index is 3.15. The Bertz CT molecular complexity index is 373. The van der Waals surface area contributed by atoms with E-state index in [4.69, 9.17) is 4.74 Å². The smallest absolute Gasteiger partial charge is 0.163 e. The molecule has 0 saturated carbocycles. The summed E-state index contributed by atoms with van der Waals surface area (Å²) < 4.78 is 5.41. The van der Waals surface area contributed by atoms with Crippen LogP contribution in [0.1, 0.15) is 36.6 Å². The molecule has 0 saturated heterocycles. The third kappa shape index (κ3) is 2.61. The van der Waals surface area contributed by atoms with E-state index in [2.05, 4.69) is 0 Å². The van der Waals surface area contributed by atoms with Gasteiger partial charge < -0.3 is 9.84 Å². The molecular formula is C13H18O3. The maximum absolute atomic E-state index is 11.5. The van der Waals surface area contributed by atoms with Gasteiger partial charge in [0.05, 0.1) is 0 Å². The Kier molecular flexibility index (Phi) is 4.07. The number of hydrogen-bond acceptors (Lipinski definition) is 3. The van der Waals surface area contributed by atoms with E-state index in [1.54, 1.807) is 12.1 Å². The number of benzene rings is 1. The number of Topliss-reactive ketones (excluding diaryl/α,β-unsaturated/α-hetero) is 1. The summed E-state index contributed by atoms with van der Waals surface area (Å²) in [5.74, 6) is 0.258. The zero-order chi connectivity index (χ0) is 12.3. The first kappa shape index (κ1) is 12.7. The van der Waals surface area contributed by atoms with E-state index in [0.29, 0.717) is 6.61 Å². The number of aryl methyl sites for hydroxylation is 2. The van der Waals surface area contributed by atoms with Gasteiger partial charge >= 0.3 is 0 Å². The maximum atomic E-state index is 11.5. The number of hydrogen-bond donors (Lipinski definition) is 1. The molecule has 0 heterocycles. The quantitative estimate of drug-likeness (QED) is 0.852. The second-order valence-corrected chi connectivity index (χ2v) is 3.95. The van der Waals surface area contributed by atoms with Crippen molar-refractivity contribution < 1.29 is 14.6 Å². The minimum Gasteiger partial charge on any atom is -0.507 e. The molecule has 88 valence electrons. The van der Waals surface area contributed by atoms with E-state index in [-0.39, 0.29) is 11.5 Å². The number of phenols is 1. The topological polar surface area (TPSA) is 46.5 Å². The highest BCUT2D eigenvalue weighted by molar-refractivity contribution is 5.82. The zero-order valence-electron chi connectivity index (χ0n) is 10.2. The Morgan fingerprint density at radius 3 is 2.25 bits per heavy atom. The van der Waals surface area contributed by atoms with Crippen LogP contribution in [0.3, 0.4) is 0 Å². The van der Waals surface area contributed by atoms with E-state index < -0.39 is 6.10 Å². The van der Waals surface area contributed by atoms with Crippen molar-refractivity contribution in [1.82, 2.24) is 0 Å². The fourth-order valence-electron chi connectivity index (χ4n) is 1.76. The molecule has 0 bridgehead atoms. The summed E-state index contributed by atoms with van der Waals surface area (Å²) >= 11 is 0. The summed E-state index contributed by atoms with van der Waals surface area (Å²) in [6.45, 7) is 7.49. The average molecular weight is 222 g/mol. The monoisotopic (exact) mass is 222 g/mol. The van der Waals surface area contributed by atoms with Crippen LogP contribution in [0.2, 0.25) is 0 Å². The molecule has 0 aliphatic rings. The number of phenolic OH excluding ortho intramolecular Hbond substituents is 1. The van der Waals surface area contributed by atoms with Crippen LogP contribution in [0.5, 0.6) is 5.75 Å². The van der Waals surface area contributed by atoms with Crippen molar-refractivity contribution in [3.05, 3.63) is 28.8 Å². The number of ketones is 1. The highest BCUT2D eigenvalue weighted by Crippen LogP contribution is 2.28. The molecule has 0 radical (unpaired) electrons. The highest BCUT2D eigenvalue weighted by atomic mass is 16.5. The molecule has 16 heavy (non-hydrogen) atoms. The number of ether oxygens (including phenoxy) is 1. The van der Waals surface area contributed by atoms with Crippen LogP contribution in [-0.4, -0.2) is 17.5 Å². The Morgan fingerprint density at radius 2 is 1.88 bits per heavy atom. The van der Waals surface area contributed by atoms with E-state index in [1.165, 1.54) is 6.92 Å². The number of carbonyl (C=O) groups is 1. The third-order valence-corrected chi connectivity index (χ3v) is 2.52. The van der Waals surface area contributed by atoms with Gasteiger partial charge in [-0.3, -0.25) is 4.79 Å². The normalized spacial score (nSPS) is 12.5. The minimum atomic E-state index is -0.525. The second kappa shape index (κ2) is 5.12. The molecule has 1 rings (SSSR count). The Morgan fingerprint density at radius 1 is 1.38 bits per heavy atom. The number of rotatable bonds is 4. The maximum Gasteiger partial charge on any atom is 0.163 e. The van der Waals surface area contributed by atoms with Crippen LogP contribution in [0.4, 0.5) is 0 Å². The van der Waals surface area contributed by atoms with Crippen LogP contribution in [-0.2, 0) is 9.53 Å². The van der Waals surface area contributed by atoms with Gasteiger partial charge in [-0.1, -0.05) is 0 Å². The van der Waals surface area contributed by atoms with E-state index in [0.717, 1.165) is 16.7 Å². The van der Waals surface area contributed by atoms with Gasteiger partial charge in [-0.05, 0) is 56.5 Å². The fourth-order valence-corrected chi connectivity index (χ4v) is 1.76. The van der Waals surface area contributed by atoms with Gasteiger partial charge in [-0.2, -0.15) is 0 Å². The van der Waals surface area contributed by atoms with Crippen molar-refractivity contribution >= 4 is 5.78 Å². The third-order valence-electron chi connectivity index (χ3n) is 2.52. The standard InChI is InChI=1S/C13H18O3/c1-5-16-13(10(4)14)11-6-8(2)12(15)9(3)7-11/h6-7,13,15H,5H2,1-4H3. The molecule has 3 nitrogen and oxygen atoms in total. The summed E-state index contributed by atoms with van der Waals surface area (Å²) in [7, 11) is 0. The summed E-state index contributed by atoms with van der Waals surface area (Å²) in [4.78, 5) is 11.5. The highest BCUT2D eigenvalue weighted by Gasteiger charge is 2.18. The number of carbonyl (C=O) groups excluding carboxylic acids is 1. The molecule has 0 amide bonds. The fraction of sp³-hybridized carbons (Fsp3) is 0.462. The molecule has 1 unspecified atom stereocenters. The molecule has 1 aromatic rings. The van der Waals surface area contributed by atoms with Gasteiger partial charge in [0, 0.05) is 6.61 Å². The van der Waals surface area contributed by atoms with Crippen LogP contribution >= 0.6 is 0 Å². The summed E-state index contributed by atoms with van der Waals surface area (Å²) in [6, 6.07) is 3.59. The lowest BCUT2D eigenvalue weighted by atomic mass is 10.00. The van der Waals surface area contributed by atoms with Crippen molar-refractivity contribution in [3.8, 4) is 5.75 Å². The average Bonchev–Trinajstić information content (AvgIpc) is 2.21. The molecule has 0 fully saturated rings. The van der Waals surface area contributed by atoms with Gasteiger partial charge in [0.25, 0.3) is 0 Å². The zero-order valence-corrected chi connectivity index (χ0v) is 10.2. The van der Waals surface area contributed by atoms with Crippen molar-refractivity contribution in [2.24, 2.45) is 0 Å². The van der Waals surface area contributed by atoms with E-state index in [1.807, 2.05) is 20.8 Å². The van der Waals surface area contributed by atoms with Crippen molar-refractivity contribution in [1.29, 1.82) is 0 Å². The molecule has 1 aromatic carbocycles. The van der Waals surface area contributed by atoms with Gasteiger partial charge in [0.1, 0.15) is 11.9 Å². The van der Waals surface area contributed by atoms with Gasteiger partial charge in [-0.15, -0.1) is 0 Å². The Labute approximate surface area is 96.1 Å². The predicted molar refractivity (Wildman–Crippen MR) is 62.6 cm³/mol. The summed E-state index contributed by atoms with van der Waals surface area (Å²) in [6.07, 6.45) is -0.525. The first-order valence-corrected chi connectivity index (χ1v) is 5.39. The first-order chi connectivity index (χ1) is 7.47. The van der Waals surface area contributed by atoms with Crippen LogP contribution in [0, 0.1) is 13.8 Å². The predicted octanol–water partition coefficient (Wildman–Crippen LogP) is 2.68. The molecule has 0 spiro atoms. The first-order valence-electron chi connectivity index (χ1n) is 5.39. The molecule has 3 heteroatoms. The van der Waals surface area contributed by atoms with Gasteiger partial charge in [0.15, 0.2) is 5.78 Å². The summed E-state index contributed by atoms with van der Waals surface area (Å²) in [5, 5.41) is 9.66. The lowest BCUT2D eigenvalue weighted by Gasteiger charge is -2.16. The van der Waals surface area contributed by atoms with Crippen LogP contribution < -0.4 is 0 Å². The minimum absolute atomic E-state index is 0.0219. The SMILES string of the molecule is CCOC(C(C)=O)c1cc(C)c(O)c(C)c1. The molecule has 0 aromatic heterocycles. The van der Waals surface area contributed by atoms with Gasteiger partial charge in [0.2, 0.25) is 0 Å². The molecule has 1 atom stereocenters. The summed E-state index contributed by atoms with van der Waals surface area (Å²) in [5.41, 5.74) is 2.34. The molecular weight excluding hydrogens is 204 g/mol. The van der Waals surface area contributed by atoms with E-state index >= 15 is 0 Å². The van der Waals surface area contributed by atoms with Gasteiger partial charge in [-0.25, -0.2) is 0 Å². The largest absolute Gasteiger partial charge is 0.507 e. The van der Waals surface area contributed by atoms with Crippen LogP contribution in [0.25, 0.3) is 0 Å².